The van der Waals surface area contributed by atoms with E-state index in [4.69, 9.17) is 18.9 Å². The molecular weight excluding hydrogens is 396 g/mol. The molecule has 1 fully saturated rings. The van der Waals surface area contributed by atoms with Crippen LogP contribution in [0.3, 0.4) is 0 Å². The highest BCUT2D eigenvalue weighted by molar-refractivity contribution is 6.06. The van der Waals surface area contributed by atoms with Gasteiger partial charge < -0.3 is 18.9 Å². The quantitative estimate of drug-likeness (QED) is 0.421. The molecule has 1 saturated heterocycles. The highest BCUT2D eigenvalue weighted by Gasteiger charge is 2.54. The van der Waals surface area contributed by atoms with Crippen molar-refractivity contribution in [3.05, 3.63) is 77.4 Å². The van der Waals surface area contributed by atoms with Crippen molar-refractivity contribution in [2.24, 2.45) is 0 Å². The number of aryl methyl sites for hydroxylation is 1. The Bertz CT molecular complexity index is 1120. The van der Waals surface area contributed by atoms with E-state index in [0.717, 1.165) is 21.9 Å². The lowest BCUT2D eigenvalue weighted by Crippen LogP contribution is -2.40. The van der Waals surface area contributed by atoms with Gasteiger partial charge in [-0.05, 0) is 47.9 Å². The van der Waals surface area contributed by atoms with E-state index >= 15 is 0 Å². The Labute approximate surface area is 180 Å². The van der Waals surface area contributed by atoms with Gasteiger partial charge in [-0.2, -0.15) is 0 Å². The van der Waals surface area contributed by atoms with Crippen LogP contribution in [0.1, 0.15) is 28.4 Å². The fraction of sp³-hybridized carbons (Fsp3) is 0.280. The molecule has 0 spiro atoms. The molecule has 31 heavy (non-hydrogen) atoms. The Hall–Kier alpha value is -3.38. The topological polar surface area (TPSA) is 74.4 Å². The third-order valence-electron chi connectivity index (χ3n) is 5.46. The SMILES string of the molecule is COc1cc(C(=O)O[C@H](C(=O)OCc2ccccc2)[C@@]2(C)CO2)c2cccc(C)c2c1. The Morgan fingerprint density at radius 2 is 1.81 bits per heavy atom. The van der Waals surface area contributed by atoms with Crippen molar-refractivity contribution in [2.45, 2.75) is 32.2 Å². The third kappa shape index (κ3) is 4.39. The maximum Gasteiger partial charge on any atom is 0.350 e. The first-order valence-corrected chi connectivity index (χ1v) is 10.0. The van der Waals surface area contributed by atoms with Crippen molar-refractivity contribution < 1.29 is 28.5 Å². The number of benzene rings is 3. The summed E-state index contributed by atoms with van der Waals surface area (Å²) in [5, 5.41) is 1.61. The van der Waals surface area contributed by atoms with Crippen LogP contribution >= 0.6 is 0 Å². The van der Waals surface area contributed by atoms with Crippen LogP contribution in [-0.4, -0.2) is 37.4 Å². The van der Waals surface area contributed by atoms with Crippen molar-refractivity contribution in [3.8, 4) is 5.75 Å². The van der Waals surface area contributed by atoms with Crippen LogP contribution in [0.5, 0.6) is 5.75 Å². The summed E-state index contributed by atoms with van der Waals surface area (Å²) in [4.78, 5) is 26.0. The molecule has 4 rings (SSSR count). The Morgan fingerprint density at radius 1 is 1.06 bits per heavy atom. The van der Waals surface area contributed by atoms with Gasteiger partial charge in [0.05, 0.1) is 19.3 Å². The zero-order chi connectivity index (χ0) is 22.0. The van der Waals surface area contributed by atoms with E-state index < -0.39 is 23.6 Å². The lowest BCUT2D eigenvalue weighted by Gasteiger charge is -2.21. The Balaban J connectivity index is 1.59. The number of ether oxygens (including phenoxy) is 4. The van der Waals surface area contributed by atoms with Crippen LogP contribution < -0.4 is 4.74 Å². The summed E-state index contributed by atoms with van der Waals surface area (Å²) in [6.07, 6.45) is -1.17. The summed E-state index contributed by atoms with van der Waals surface area (Å²) in [7, 11) is 1.54. The largest absolute Gasteiger partial charge is 0.497 e. The van der Waals surface area contributed by atoms with Crippen molar-refractivity contribution in [1.82, 2.24) is 0 Å². The molecule has 0 unspecified atom stereocenters. The van der Waals surface area contributed by atoms with Gasteiger partial charge in [-0.1, -0.05) is 48.5 Å². The van der Waals surface area contributed by atoms with Crippen molar-refractivity contribution >= 4 is 22.7 Å². The molecule has 0 aromatic heterocycles. The second-order valence-corrected chi connectivity index (χ2v) is 7.82. The van der Waals surface area contributed by atoms with E-state index in [1.54, 1.807) is 13.0 Å². The highest BCUT2D eigenvalue weighted by Crippen LogP contribution is 2.35. The fourth-order valence-electron chi connectivity index (χ4n) is 3.46. The third-order valence-corrected chi connectivity index (χ3v) is 5.46. The first-order chi connectivity index (χ1) is 14.9. The number of hydrogen-bond acceptors (Lipinski definition) is 6. The molecule has 1 aliphatic rings. The van der Waals surface area contributed by atoms with Gasteiger partial charge in [-0.25, -0.2) is 9.59 Å². The zero-order valence-corrected chi connectivity index (χ0v) is 17.7. The predicted octanol–water partition coefficient (Wildman–Crippen LogP) is 4.21. The van der Waals surface area contributed by atoms with Crippen molar-refractivity contribution in [3.63, 3.8) is 0 Å². The van der Waals surface area contributed by atoms with Crippen molar-refractivity contribution in [2.75, 3.05) is 13.7 Å². The second-order valence-electron chi connectivity index (χ2n) is 7.82. The lowest BCUT2D eigenvalue weighted by atomic mass is 10.00. The molecule has 3 aromatic rings. The molecule has 6 nitrogen and oxygen atoms in total. The normalized spacial score (nSPS) is 18.3. The molecule has 2 atom stereocenters. The van der Waals surface area contributed by atoms with Crippen LogP contribution in [0.2, 0.25) is 0 Å². The Kier molecular flexibility index (Phi) is 5.65. The monoisotopic (exact) mass is 420 g/mol. The number of carbonyl (C=O) groups is 2. The van der Waals surface area contributed by atoms with Crippen molar-refractivity contribution in [1.29, 1.82) is 0 Å². The van der Waals surface area contributed by atoms with Crippen LogP contribution in [0.25, 0.3) is 10.8 Å². The summed E-state index contributed by atoms with van der Waals surface area (Å²) in [6.45, 7) is 4.08. The summed E-state index contributed by atoms with van der Waals surface area (Å²) in [6, 6.07) is 18.5. The molecule has 1 aliphatic heterocycles. The number of fused-ring (bicyclic) bond motifs is 1. The van der Waals surface area contributed by atoms with Gasteiger partial charge in [0.2, 0.25) is 6.10 Å². The summed E-state index contributed by atoms with van der Waals surface area (Å²) in [5.41, 5.74) is 1.27. The van der Waals surface area contributed by atoms with Gasteiger partial charge >= 0.3 is 11.9 Å². The minimum absolute atomic E-state index is 0.0884. The minimum atomic E-state index is -1.17. The van der Waals surface area contributed by atoms with Crippen LogP contribution in [0.4, 0.5) is 0 Å². The number of methoxy groups -OCH3 is 1. The van der Waals surface area contributed by atoms with Crippen LogP contribution in [0.15, 0.2) is 60.7 Å². The van der Waals surface area contributed by atoms with Gasteiger partial charge in [-0.3, -0.25) is 0 Å². The first kappa shape index (κ1) is 20.9. The van der Waals surface area contributed by atoms with E-state index in [9.17, 15) is 9.59 Å². The molecular formula is C25H24O6. The van der Waals surface area contributed by atoms with E-state index in [1.165, 1.54) is 7.11 Å². The average molecular weight is 420 g/mol. The molecule has 0 radical (unpaired) electrons. The number of rotatable bonds is 7. The molecule has 160 valence electrons. The predicted molar refractivity (Wildman–Crippen MR) is 115 cm³/mol. The first-order valence-electron chi connectivity index (χ1n) is 10.0. The van der Waals surface area contributed by atoms with E-state index in [1.807, 2.05) is 61.5 Å². The number of esters is 2. The zero-order valence-electron chi connectivity index (χ0n) is 17.7. The van der Waals surface area contributed by atoms with Gasteiger partial charge in [0.25, 0.3) is 0 Å². The summed E-state index contributed by atoms with van der Waals surface area (Å²) < 4.78 is 21.9. The average Bonchev–Trinajstić information content (AvgIpc) is 3.54. The highest BCUT2D eigenvalue weighted by atomic mass is 16.7. The molecule has 0 bridgehead atoms. The van der Waals surface area contributed by atoms with Gasteiger partial charge in [-0.15, -0.1) is 0 Å². The minimum Gasteiger partial charge on any atom is -0.497 e. The fourth-order valence-corrected chi connectivity index (χ4v) is 3.46. The van der Waals surface area contributed by atoms with Gasteiger partial charge in [0.1, 0.15) is 18.0 Å². The van der Waals surface area contributed by atoms with E-state index in [-0.39, 0.29) is 6.61 Å². The maximum atomic E-state index is 13.2. The molecule has 0 N–H and O–H groups in total. The number of hydrogen-bond donors (Lipinski definition) is 0. The van der Waals surface area contributed by atoms with Gasteiger partial charge in [0, 0.05) is 0 Å². The molecule has 0 amide bonds. The summed E-state index contributed by atoms with van der Waals surface area (Å²) in [5.74, 6) is -0.737. The molecule has 1 heterocycles. The standard InChI is InChI=1S/C25H24O6/c1-16-8-7-11-19-20(16)12-18(28-3)13-21(19)23(26)31-22(25(2)15-30-25)24(27)29-14-17-9-5-4-6-10-17/h4-13,22H,14-15H2,1-3H3/t22-,25-/m1/s1. The lowest BCUT2D eigenvalue weighted by molar-refractivity contribution is -0.158. The molecule has 3 aromatic carbocycles. The maximum absolute atomic E-state index is 13.2. The van der Waals surface area contributed by atoms with Crippen LogP contribution in [-0.2, 0) is 25.6 Å². The van der Waals surface area contributed by atoms with Gasteiger partial charge in [0.15, 0.2) is 0 Å². The summed E-state index contributed by atoms with van der Waals surface area (Å²) >= 11 is 0. The smallest absolute Gasteiger partial charge is 0.350 e. The van der Waals surface area contributed by atoms with Crippen LogP contribution in [0, 0.1) is 6.92 Å². The number of epoxide rings is 1. The number of carbonyl (C=O) groups excluding carboxylic acids is 2. The molecule has 0 saturated carbocycles. The Morgan fingerprint density at radius 3 is 2.48 bits per heavy atom. The molecule has 6 heteroatoms. The van der Waals surface area contributed by atoms with E-state index in [2.05, 4.69) is 0 Å². The molecule has 0 aliphatic carbocycles. The second kappa shape index (κ2) is 8.40. The van der Waals surface area contributed by atoms with E-state index in [0.29, 0.717) is 17.9 Å².